The lowest BCUT2D eigenvalue weighted by molar-refractivity contribution is -0.134. The monoisotopic (exact) mass is 192 g/mol. The summed E-state index contributed by atoms with van der Waals surface area (Å²) in [6.45, 7) is 7.14. The number of fused-ring (bicyclic) bond motifs is 2. The quantitative estimate of drug-likeness (QED) is 0.362. The zero-order valence-electron chi connectivity index (χ0n) is 8.53. The summed E-state index contributed by atoms with van der Waals surface area (Å²) >= 11 is 0. The van der Waals surface area contributed by atoms with Gasteiger partial charge in [-0.15, -0.1) is 0 Å². The summed E-state index contributed by atoms with van der Waals surface area (Å²) in [4.78, 5) is 9.84. The van der Waals surface area contributed by atoms with Gasteiger partial charge >= 0.3 is 5.97 Å². The predicted molar refractivity (Wildman–Crippen MR) is 56.7 cm³/mol. The fraction of sp³-hybridized carbons (Fsp3) is 0.417. The second-order valence-corrected chi connectivity index (χ2v) is 3.58. The van der Waals surface area contributed by atoms with Crippen LogP contribution in [-0.4, -0.2) is 13.1 Å². The highest BCUT2D eigenvalue weighted by Crippen LogP contribution is 2.41. The Morgan fingerprint density at radius 3 is 2.50 bits per heavy atom. The summed E-state index contributed by atoms with van der Waals surface area (Å²) in [5, 5.41) is 0. The van der Waals surface area contributed by atoms with Crippen LogP contribution in [0.1, 0.15) is 12.8 Å². The third kappa shape index (κ3) is 2.59. The molecule has 0 N–H and O–H groups in total. The number of allylic oxidation sites excluding steroid dienone is 3. The molecule has 2 rings (SSSR count). The van der Waals surface area contributed by atoms with Gasteiger partial charge in [0, 0.05) is 6.08 Å². The van der Waals surface area contributed by atoms with Crippen LogP contribution in [0.2, 0.25) is 0 Å². The Morgan fingerprint density at radius 1 is 1.64 bits per heavy atom. The van der Waals surface area contributed by atoms with E-state index in [1.54, 1.807) is 0 Å². The second kappa shape index (κ2) is 4.80. The van der Waals surface area contributed by atoms with Gasteiger partial charge in [-0.05, 0) is 24.7 Å². The minimum atomic E-state index is -0.394. The van der Waals surface area contributed by atoms with Gasteiger partial charge in [-0.1, -0.05) is 30.9 Å². The number of esters is 1. The number of ether oxygens (including phenoxy) is 1. The maximum absolute atomic E-state index is 9.84. The van der Waals surface area contributed by atoms with Crippen LogP contribution in [0.4, 0.5) is 0 Å². The normalized spacial score (nSPS) is 26.8. The van der Waals surface area contributed by atoms with E-state index in [1.807, 2.05) is 0 Å². The largest absolute Gasteiger partial charge is 0.466 e. The highest BCUT2D eigenvalue weighted by molar-refractivity contribution is 5.80. The molecule has 2 heteroatoms. The molecule has 0 aromatic heterocycles. The molecule has 0 aliphatic heterocycles. The van der Waals surface area contributed by atoms with E-state index in [0.717, 1.165) is 17.9 Å². The van der Waals surface area contributed by atoms with Crippen molar-refractivity contribution in [1.29, 1.82) is 0 Å². The molecule has 0 amide bonds. The van der Waals surface area contributed by atoms with E-state index in [2.05, 4.69) is 30.0 Å². The summed E-state index contributed by atoms with van der Waals surface area (Å²) in [5.74, 6) is 1.24. The van der Waals surface area contributed by atoms with E-state index >= 15 is 0 Å². The van der Waals surface area contributed by atoms with Crippen molar-refractivity contribution in [3.05, 3.63) is 37.0 Å². The first-order valence-corrected chi connectivity index (χ1v) is 4.73. The Balaban J connectivity index is 0.000000149. The number of hydrogen-bond acceptors (Lipinski definition) is 2. The summed E-state index contributed by atoms with van der Waals surface area (Å²) in [7, 11) is 1.31. The molecule has 0 spiro atoms. The van der Waals surface area contributed by atoms with Gasteiger partial charge in [-0.25, -0.2) is 4.79 Å². The molecule has 0 heterocycles. The average molecular weight is 192 g/mol. The molecule has 2 atom stereocenters. The number of carbonyl (C=O) groups is 1. The highest BCUT2D eigenvalue weighted by atomic mass is 16.5. The van der Waals surface area contributed by atoms with E-state index in [9.17, 15) is 4.79 Å². The maximum Gasteiger partial charge on any atom is 0.329 e. The molecule has 0 aromatic carbocycles. The van der Waals surface area contributed by atoms with E-state index in [1.165, 1.54) is 25.5 Å². The van der Waals surface area contributed by atoms with Crippen molar-refractivity contribution in [1.82, 2.24) is 0 Å². The molecule has 0 saturated heterocycles. The van der Waals surface area contributed by atoms with Crippen LogP contribution in [0.5, 0.6) is 0 Å². The van der Waals surface area contributed by atoms with Gasteiger partial charge in [0.25, 0.3) is 0 Å². The lowest BCUT2D eigenvalue weighted by Crippen LogP contribution is -1.91. The van der Waals surface area contributed by atoms with Crippen LogP contribution >= 0.6 is 0 Å². The van der Waals surface area contributed by atoms with Gasteiger partial charge < -0.3 is 4.74 Å². The Morgan fingerprint density at radius 2 is 2.36 bits per heavy atom. The van der Waals surface area contributed by atoms with E-state index in [0.29, 0.717) is 0 Å². The SMILES string of the molecule is C=C1CC2C=CC1C2.C=CC(=O)OC. The number of methoxy groups -OCH3 is 1. The van der Waals surface area contributed by atoms with E-state index < -0.39 is 5.97 Å². The van der Waals surface area contributed by atoms with Crippen molar-refractivity contribution in [3.63, 3.8) is 0 Å². The van der Waals surface area contributed by atoms with Crippen LogP contribution < -0.4 is 0 Å². The van der Waals surface area contributed by atoms with Crippen LogP contribution in [-0.2, 0) is 9.53 Å². The minimum absolute atomic E-state index is 0.394. The fourth-order valence-corrected chi connectivity index (χ4v) is 1.80. The van der Waals surface area contributed by atoms with Gasteiger partial charge in [0.2, 0.25) is 0 Å². The molecular weight excluding hydrogens is 176 g/mol. The molecule has 2 unspecified atom stereocenters. The highest BCUT2D eigenvalue weighted by Gasteiger charge is 2.28. The smallest absolute Gasteiger partial charge is 0.329 e. The zero-order valence-corrected chi connectivity index (χ0v) is 8.53. The maximum atomic E-state index is 9.84. The van der Waals surface area contributed by atoms with Crippen molar-refractivity contribution in [3.8, 4) is 0 Å². The average Bonchev–Trinajstić information content (AvgIpc) is 2.78. The number of rotatable bonds is 1. The Labute approximate surface area is 85.0 Å². The Bertz CT molecular complexity index is 276. The van der Waals surface area contributed by atoms with Crippen LogP contribution in [0, 0.1) is 11.8 Å². The zero-order chi connectivity index (χ0) is 10.6. The molecule has 2 nitrogen and oxygen atoms in total. The molecule has 76 valence electrons. The summed E-state index contributed by atoms with van der Waals surface area (Å²) < 4.78 is 4.14. The second-order valence-electron chi connectivity index (χ2n) is 3.58. The van der Waals surface area contributed by atoms with Crippen molar-refractivity contribution in [2.24, 2.45) is 11.8 Å². The van der Waals surface area contributed by atoms with Gasteiger partial charge in [-0.2, -0.15) is 0 Å². The number of hydrogen-bond donors (Lipinski definition) is 0. The molecule has 1 saturated carbocycles. The number of carbonyl (C=O) groups excluding carboxylic acids is 1. The summed E-state index contributed by atoms with van der Waals surface area (Å²) in [6.07, 6.45) is 8.37. The van der Waals surface area contributed by atoms with Gasteiger partial charge in [-0.3, -0.25) is 0 Å². The first-order valence-electron chi connectivity index (χ1n) is 4.73. The minimum Gasteiger partial charge on any atom is -0.466 e. The third-order valence-corrected chi connectivity index (χ3v) is 2.59. The van der Waals surface area contributed by atoms with Crippen LogP contribution in [0.15, 0.2) is 37.0 Å². The van der Waals surface area contributed by atoms with E-state index in [-0.39, 0.29) is 0 Å². The molecule has 14 heavy (non-hydrogen) atoms. The summed E-state index contributed by atoms with van der Waals surface area (Å²) in [5.41, 5.74) is 1.46. The van der Waals surface area contributed by atoms with Crippen molar-refractivity contribution in [2.45, 2.75) is 12.8 Å². The van der Waals surface area contributed by atoms with Crippen LogP contribution in [0.3, 0.4) is 0 Å². The Kier molecular flexibility index (Phi) is 3.69. The van der Waals surface area contributed by atoms with Crippen molar-refractivity contribution >= 4 is 5.97 Å². The molecule has 2 aliphatic carbocycles. The van der Waals surface area contributed by atoms with Crippen molar-refractivity contribution in [2.75, 3.05) is 7.11 Å². The topological polar surface area (TPSA) is 26.3 Å². The fourth-order valence-electron chi connectivity index (χ4n) is 1.80. The molecular formula is C12H16O2. The summed E-state index contributed by atoms with van der Waals surface area (Å²) in [6, 6.07) is 0. The van der Waals surface area contributed by atoms with Gasteiger partial charge in [0.05, 0.1) is 7.11 Å². The van der Waals surface area contributed by atoms with Gasteiger partial charge in [0.1, 0.15) is 0 Å². The first kappa shape index (κ1) is 10.8. The standard InChI is InChI=1S/C8H10.C4H6O2/c1-6-4-7-2-3-8(6)5-7;1-3-4(5)6-2/h2-3,7-8H,1,4-5H2;3H,1H2,2H3. The van der Waals surface area contributed by atoms with Crippen molar-refractivity contribution < 1.29 is 9.53 Å². The third-order valence-electron chi connectivity index (χ3n) is 2.59. The Hall–Kier alpha value is -1.31. The molecule has 0 radical (unpaired) electrons. The van der Waals surface area contributed by atoms with Crippen LogP contribution in [0.25, 0.3) is 0 Å². The molecule has 1 fully saturated rings. The predicted octanol–water partition coefficient (Wildman–Crippen LogP) is 2.48. The van der Waals surface area contributed by atoms with E-state index in [4.69, 9.17) is 0 Å². The van der Waals surface area contributed by atoms with Gasteiger partial charge in [0.15, 0.2) is 0 Å². The lowest BCUT2D eigenvalue weighted by atomic mass is 10.0. The molecule has 2 aliphatic rings. The lowest BCUT2D eigenvalue weighted by Gasteiger charge is -2.02. The molecule has 0 aromatic rings. The molecule has 2 bridgehead atoms. The first-order chi connectivity index (χ1) is 6.67.